The van der Waals surface area contributed by atoms with E-state index in [1.807, 2.05) is 6.92 Å². The van der Waals surface area contributed by atoms with Gasteiger partial charge in [-0.05, 0) is 6.42 Å². The van der Waals surface area contributed by atoms with E-state index >= 15 is 0 Å². The zero-order valence-corrected chi connectivity index (χ0v) is 8.32. The number of rotatable bonds is 4. The predicted octanol–water partition coefficient (Wildman–Crippen LogP) is 1.43. The summed E-state index contributed by atoms with van der Waals surface area (Å²) in [6.07, 6.45) is 3.47. The second kappa shape index (κ2) is 4.16. The van der Waals surface area contributed by atoms with Crippen molar-refractivity contribution >= 4 is 5.78 Å². The maximum absolute atomic E-state index is 11.7. The van der Waals surface area contributed by atoms with Crippen molar-refractivity contribution in [2.45, 2.75) is 26.7 Å². The van der Waals surface area contributed by atoms with Gasteiger partial charge in [-0.3, -0.25) is 4.79 Å². The van der Waals surface area contributed by atoms with Gasteiger partial charge in [0.25, 0.3) is 0 Å². The fourth-order valence-electron chi connectivity index (χ4n) is 1.33. The van der Waals surface area contributed by atoms with Gasteiger partial charge in [0.1, 0.15) is 5.69 Å². The first-order valence-corrected chi connectivity index (χ1v) is 4.55. The number of Topliss-reactive ketones (excluding diaryl/α,β-unsaturated/α-hetero) is 1. The van der Waals surface area contributed by atoms with E-state index in [9.17, 15) is 4.79 Å². The van der Waals surface area contributed by atoms with Crippen LogP contribution in [0.1, 0.15) is 37.2 Å². The molecule has 4 heteroatoms. The van der Waals surface area contributed by atoms with Crippen molar-refractivity contribution < 1.29 is 4.79 Å². The molecule has 0 N–H and O–H groups in total. The maximum atomic E-state index is 11.7. The Bertz CT molecular complexity index is 293. The van der Waals surface area contributed by atoms with Gasteiger partial charge in [-0.15, -0.1) is 5.10 Å². The molecule has 13 heavy (non-hydrogen) atoms. The highest BCUT2D eigenvalue weighted by molar-refractivity contribution is 5.95. The summed E-state index contributed by atoms with van der Waals surface area (Å²) in [6, 6.07) is 0. The third-order valence-electron chi connectivity index (χ3n) is 2.14. The SMILES string of the molecule is CCCC(C)C(=O)c1cnnn1C. The molecule has 0 saturated heterocycles. The molecule has 0 fully saturated rings. The second-order valence-electron chi connectivity index (χ2n) is 3.30. The molecule has 0 amide bonds. The van der Waals surface area contributed by atoms with Gasteiger partial charge in [-0.25, -0.2) is 4.68 Å². The van der Waals surface area contributed by atoms with Crippen molar-refractivity contribution in [1.29, 1.82) is 0 Å². The van der Waals surface area contributed by atoms with Crippen molar-refractivity contribution in [3.05, 3.63) is 11.9 Å². The molecule has 1 unspecified atom stereocenters. The number of ketones is 1. The largest absolute Gasteiger partial charge is 0.292 e. The van der Waals surface area contributed by atoms with Crippen molar-refractivity contribution in [3.8, 4) is 0 Å². The molecule has 72 valence electrons. The Labute approximate surface area is 77.9 Å². The minimum Gasteiger partial charge on any atom is -0.292 e. The Hall–Kier alpha value is -1.19. The van der Waals surface area contributed by atoms with Crippen LogP contribution < -0.4 is 0 Å². The van der Waals surface area contributed by atoms with Gasteiger partial charge < -0.3 is 0 Å². The highest BCUT2D eigenvalue weighted by Crippen LogP contribution is 2.11. The first kappa shape index (κ1) is 9.89. The van der Waals surface area contributed by atoms with Crippen LogP contribution in [0.4, 0.5) is 0 Å². The van der Waals surface area contributed by atoms with Gasteiger partial charge in [0.15, 0.2) is 5.78 Å². The molecule has 0 aliphatic heterocycles. The van der Waals surface area contributed by atoms with Crippen LogP contribution in [-0.4, -0.2) is 20.8 Å². The van der Waals surface area contributed by atoms with Crippen molar-refractivity contribution in [1.82, 2.24) is 15.0 Å². The molecule has 1 heterocycles. The lowest BCUT2D eigenvalue weighted by molar-refractivity contribution is 0.0914. The molecule has 0 aliphatic rings. The monoisotopic (exact) mass is 181 g/mol. The van der Waals surface area contributed by atoms with Crippen molar-refractivity contribution in [2.24, 2.45) is 13.0 Å². The van der Waals surface area contributed by atoms with Crippen LogP contribution in [-0.2, 0) is 7.05 Å². The Kier molecular flexibility index (Phi) is 3.17. The van der Waals surface area contributed by atoms with Crippen LogP contribution in [0.15, 0.2) is 6.20 Å². The molecule has 1 aromatic rings. The van der Waals surface area contributed by atoms with Crippen LogP contribution in [0.2, 0.25) is 0 Å². The topological polar surface area (TPSA) is 47.8 Å². The van der Waals surface area contributed by atoms with E-state index in [1.54, 1.807) is 7.05 Å². The van der Waals surface area contributed by atoms with Crippen molar-refractivity contribution in [3.63, 3.8) is 0 Å². The van der Waals surface area contributed by atoms with E-state index in [1.165, 1.54) is 10.9 Å². The molecule has 4 nitrogen and oxygen atoms in total. The standard InChI is InChI=1S/C9H15N3O/c1-4-5-7(2)9(13)8-6-10-11-12(8)3/h6-7H,4-5H2,1-3H3. The Morgan fingerprint density at radius 3 is 2.85 bits per heavy atom. The Morgan fingerprint density at radius 1 is 1.69 bits per heavy atom. The quantitative estimate of drug-likeness (QED) is 0.660. The van der Waals surface area contributed by atoms with Gasteiger partial charge in [-0.2, -0.15) is 0 Å². The molecular weight excluding hydrogens is 166 g/mol. The first-order chi connectivity index (χ1) is 6.16. The summed E-state index contributed by atoms with van der Waals surface area (Å²) >= 11 is 0. The number of aromatic nitrogens is 3. The fraction of sp³-hybridized carbons (Fsp3) is 0.667. The summed E-state index contributed by atoms with van der Waals surface area (Å²) in [5, 5.41) is 7.40. The molecule has 0 spiro atoms. The summed E-state index contributed by atoms with van der Waals surface area (Å²) in [5.74, 6) is 0.205. The molecule has 0 radical (unpaired) electrons. The minimum atomic E-state index is 0.0715. The normalized spacial score (nSPS) is 12.8. The highest BCUT2D eigenvalue weighted by Gasteiger charge is 2.17. The molecule has 1 rings (SSSR count). The Balaban J connectivity index is 2.73. The van der Waals surface area contributed by atoms with Crippen LogP contribution in [0, 0.1) is 5.92 Å². The van der Waals surface area contributed by atoms with Gasteiger partial charge in [-0.1, -0.05) is 25.5 Å². The summed E-state index contributed by atoms with van der Waals surface area (Å²) in [4.78, 5) is 11.7. The number of aryl methyl sites for hydroxylation is 1. The van der Waals surface area contributed by atoms with E-state index in [4.69, 9.17) is 0 Å². The van der Waals surface area contributed by atoms with E-state index in [0.29, 0.717) is 5.69 Å². The second-order valence-corrected chi connectivity index (χ2v) is 3.30. The van der Waals surface area contributed by atoms with Crippen LogP contribution >= 0.6 is 0 Å². The van der Waals surface area contributed by atoms with Crippen LogP contribution in [0.25, 0.3) is 0 Å². The number of nitrogens with zero attached hydrogens (tertiary/aromatic N) is 3. The molecule has 0 saturated carbocycles. The minimum absolute atomic E-state index is 0.0715. The molecule has 0 bridgehead atoms. The predicted molar refractivity (Wildman–Crippen MR) is 49.4 cm³/mol. The number of carbonyl (C=O) groups excluding carboxylic acids is 1. The van der Waals surface area contributed by atoms with Gasteiger partial charge >= 0.3 is 0 Å². The third-order valence-corrected chi connectivity index (χ3v) is 2.14. The zero-order chi connectivity index (χ0) is 9.84. The lowest BCUT2D eigenvalue weighted by Crippen LogP contribution is -2.15. The van der Waals surface area contributed by atoms with Gasteiger partial charge in [0, 0.05) is 13.0 Å². The lowest BCUT2D eigenvalue weighted by Gasteiger charge is -2.07. The van der Waals surface area contributed by atoms with E-state index in [2.05, 4.69) is 17.2 Å². The number of hydrogen-bond donors (Lipinski definition) is 0. The zero-order valence-electron chi connectivity index (χ0n) is 8.32. The average Bonchev–Trinajstić information content (AvgIpc) is 2.50. The molecule has 1 aromatic heterocycles. The number of carbonyl (C=O) groups is 1. The lowest BCUT2D eigenvalue weighted by atomic mass is 9.99. The number of hydrogen-bond acceptors (Lipinski definition) is 3. The highest BCUT2D eigenvalue weighted by atomic mass is 16.1. The van der Waals surface area contributed by atoms with E-state index in [0.717, 1.165) is 12.8 Å². The van der Waals surface area contributed by atoms with Crippen LogP contribution in [0.5, 0.6) is 0 Å². The summed E-state index contributed by atoms with van der Waals surface area (Å²) in [6.45, 7) is 4.02. The maximum Gasteiger partial charge on any atom is 0.185 e. The Morgan fingerprint density at radius 2 is 2.38 bits per heavy atom. The van der Waals surface area contributed by atoms with Gasteiger partial charge in [0.2, 0.25) is 0 Å². The summed E-state index contributed by atoms with van der Waals surface area (Å²) in [5.41, 5.74) is 0.598. The average molecular weight is 181 g/mol. The third kappa shape index (κ3) is 2.14. The summed E-state index contributed by atoms with van der Waals surface area (Å²) in [7, 11) is 1.74. The van der Waals surface area contributed by atoms with E-state index < -0.39 is 0 Å². The fourth-order valence-corrected chi connectivity index (χ4v) is 1.33. The first-order valence-electron chi connectivity index (χ1n) is 4.55. The molecule has 1 atom stereocenters. The molecule has 0 aliphatic carbocycles. The molecule has 0 aromatic carbocycles. The van der Waals surface area contributed by atoms with E-state index in [-0.39, 0.29) is 11.7 Å². The van der Waals surface area contributed by atoms with Gasteiger partial charge in [0.05, 0.1) is 6.20 Å². The smallest absolute Gasteiger partial charge is 0.185 e. The molecular formula is C9H15N3O. The van der Waals surface area contributed by atoms with Crippen LogP contribution in [0.3, 0.4) is 0 Å². The summed E-state index contributed by atoms with van der Waals surface area (Å²) < 4.78 is 1.52. The van der Waals surface area contributed by atoms with Crippen molar-refractivity contribution in [2.75, 3.05) is 0 Å².